The quantitative estimate of drug-likeness (QED) is 0.659. The first kappa shape index (κ1) is 21.9. The van der Waals surface area contributed by atoms with Gasteiger partial charge in [-0.3, -0.25) is 9.59 Å². The lowest BCUT2D eigenvalue weighted by molar-refractivity contribution is -0.141. The summed E-state index contributed by atoms with van der Waals surface area (Å²) in [6.45, 7) is 3.11. The molecule has 168 valence electrons. The Morgan fingerprint density at radius 1 is 1.06 bits per heavy atom. The Bertz CT molecular complexity index is 969. The lowest BCUT2D eigenvalue weighted by Gasteiger charge is -2.41. The third-order valence-electron chi connectivity index (χ3n) is 6.38. The highest BCUT2D eigenvalue weighted by atomic mass is 16.5. The van der Waals surface area contributed by atoms with Crippen LogP contribution in [0.5, 0.6) is 0 Å². The van der Waals surface area contributed by atoms with Crippen molar-refractivity contribution >= 4 is 18.0 Å². The molecule has 32 heavy (non-hydrogen) atoms. The summed E-state index contributed by atoms with van der Waals surface area (Å²) in [5.74, 6) is -0.790. The van der Waals surface area contributed by atoms with Crippen molar-refractivity contribution in [2.45, 2.75) is 38.1 Å². The Morgan fingerprint density at radius 3 is 2.22 bits per heavy atom. The predicted octanol–water partition coefficient (Wildman–Crippen LogP) is 3.63. The number of aliphatic carboxylic acids is 1. The van der Waals surface area contributed by atoms with Crippen molar-refractivity contribution in [1.29, 1.82) is 0 Å². The van der Waals surface area contributed by atoms with Crippen LogP contribution in [0.3, 0.4) is 0 Å². The molecule has 2 amide bonds. The number of carboxylic acid groups (broad SMARTS) is 1. The second-order valence-corrected chi connectivity index (χ2v) is 8.47. The zero-order chi connectivity index (χ0) is 22.7. The van der Waals surface area contributed by atoms with Crippen LogP contribution in [0.4, 0.5) is 4.79 Å². The van der Waals surface area contributed by atoms with Gasteiger partial charge in [-0.2, -0.15) is 0 Å². The van der Waals surface area contributed by atoms with Gasteiger partial charge in [-0.15, -0.1) is 0 Å². The first-order valence-electron chi connectivity index (χ1n) is 11.1. The Hall–Kier alpha value is -3.35. The third-order valence-corrected chi connectivity index (χ3v) is 6.38. The number of carbonyl (C=O) groups is 3. The molecule has 0 bridgehead atoms. The molecule has 1 unspecified atom stereocenters. The van der Waals surface area contributed by atoms with E-state index in [1.54, 1.807) is 4.90 Å². The van der Waals surface area contributed by atoms with Crippen molar-refractivity contribution in [1.82, 2.24) is 10.2 Å². The number of hydrogen-bond donors (Lipinski definition) is 2. The average Bonchev–Trinajstić information content (AvgIpc) is 3.08. The fourth-order valence-corrected chi connectivity index (χ4v) is 4.60. The molecule has 0 saturated carbocycles. The van der Waals surface area contributed by atoms with Crippen LogP contribution in [0.2, 0.25) is 0 Å². The van der Waals surface area contributed by atoms with Gasteiger partial charge in [-0.25, -0.2) is 4.79 Å². The molecule has 1 atom stereocenters. The minimum atomic E-state index is -0.821. The molecule has 0 radical (unpaired) electrons. The number of nitrogens with zero attached hydrogens (tertiary/aromatic N) is 1. The van der Waals surface area contributed by atoms with E-state index >= 15 is 0 Å². The topological polar surface area (TPSA) is 95.9 Å². The van der Waals surface area contributed by atoms with Gasteiger partial charge in [0.1, 0.15) is 12.6 Å². The Balaban J connectivity index is 1.31. The normalized spacial score (nSPS) is 16.0. The molecule has 1 saturated heterocycles. The van der Waals surface area contributed by atoms with Gasteiger partial charge in [-0.1, -0.05) is 55.5 Å². The summed E-state index contributed by atoms with van der Waals surface area (Å²) in [7, 11) is 0. The zero-order valence-electron chi connectivity index (χ0n) is 18.1. The van der Waals surface area contributed by atoms with E-state index in [-0.39, 0.29) is 30.8 Å². The average molecular weight is 437 g/mol. The number of alkyl carbamates (subject to hydrolysis) is 1. The standard InChI is InChI=1S/C25H28N2O5/c1-2-22(24(30)27-13-16(14-27)11-12-23(28)29)26-25(31)32-15-21-19-9-5-3-7-17(19)18-8-4-6-10-20(18)21/h3-10,16,21-22H,2,11-15H2,1H3,(H,26,31)(H,28,29). The first-order valence-corrected chi connectivity index (χ1v) is 11.1. The second kappa shape index (κ2) is 9.42. The molecule has 1 heterocycles. The molecule has 4 rings (SSSR count). The summed E-state index contributed by atoms with van der Waals surface area (Å²) >= 11 is 0. The molecular weight excluding hydrogens is 408 g/mol. The molecule has 7 nitrogen and oxygen atoms in total. The van der Waals surface area contributed by atoms with Gasteiger partial charge in [0.25, 0.3) is 0 Å². The van der Waals surface area contributed by atoms with Gasteiger partial charge in [0.05, 0.1) is 0 Å². The Kier molecular flexibility index (Phi) is 6.44. The Morgan fingerprint density at radius 2 is 1.66 bits per heavy atom. The molecule has 1 aliphatic carbocycles. The van der Waals surface area contributed by atoms with Crippen LogP contribution in [0.25, 0.3) is 11.1 Å². The van der Waals surface area contributed by atoms with Crippen molar-refractivity contribution in [3.05, 3.63) is 59.7 Å². The van der Waals surface area contributed by atoms with Gasteiger partial charge in [0, 0.05) is 25.4 Å². The van der Waals surface area contributed by atoms with Crippen molar-refractivity contribution < 1.29 is 24.2 Å². The number of ether oxygens (including phenoxy) is 1. The van der Waals surface area contributed by atoms with E-state index in [1.807, 2.05) is 31.2 Å². The lowest BCUT2D eigenvalue weighted by Crippen LogP contribution is -2.57. The predicted molar refractivity (Wildman–Crippen MR) is 119 cm³/mol. The molecular formula is C25H28N2O5. The molecule has 1 aliphatic heterocycles. The van der Waals surface area contributed by atoms with Crippen molar-refractivity contribution in [3.63, 3.8) is 0 Å². The minimum absolute atomic E-state index is 0.0331. The van der Waals surface area contributed by atoms with Crippen LogP contribution < -0.4 is 5.32 Å². The highest BCUT2D eigenvalue weighted by Crippen LogP contribution is 2.44. The third kappa shape index (κ3) is 4.47. The Labute approximate surface area is 187 Å². The largest absolute Gasteiger partial charge is 0.481 e. The van der Waals surface area contributed by atoms with Crippen LogP contribution in [0.1, 0.15) is 43.2 Å². The lowest BCUT2D eigenvalue weighted by atomic mass is 9.93. The van der Waals surface area contributed by atoms with E-state index in [1.165, 1.54) is 0 Å². The zero-order valence-corrected chi connectivity index (χ0v) is 18.1. The van der Waals surface area contributed by atoms with Crippen LogP contribution in [0.15, 0.2) is 48.5 Å². The van der Waals surface area contributed by atoms with Gasteiger partial charge in [0.15, 0.2) is 0 Å². The number of carboxylic acids is 1. The number of nitrogens with one attached hydrogen (secondary N) is 1. The minimum Gasteiger partial charge on any atom is -0.481 e. The second-order valence-electron chi connectivity index (χ2n) is 8.47. The van der Waals surface area contributed by atoms with Crippen molar-refractivity contribution in [2.24, 2.45) is 5.92 Å². The highest BCUT2D eigenvalue weighted by molar-refractivity contribution is 5.86. The maximum atomic E-state index is 12.7. The summed E-state index contributed by atoms with van der Waals surface area (Å²) in [5.41, 5.74) is 4.60. The van der Waals surface area contributed by atoms with E-state index in [2.05, 4.69) is 29.6 Å². The number of rotatable bonds is 8. The molecule has 2 aromatic carbocycles. The molecule has 2 aromatic rings. The summed E-state index contributed by atoms with van der Waals surface area (Å²) in [6.07, 6.45) is 0.534. The number of benzene rings is 2. The van der Waals surface area contributed by atoms with Crippen molar-refractivity contribution in [3.8, 4) is 11.1 Å². The highest BCUT2D eigenvalue weighted by Gasteiger charge is 2.35. The number of carbonyl (C=O) groups excluding carboxylic acids is 2. The van der Waals surface area contributed by atoms with Crippen LogP contribution >= 0.6 is 0 Å². The van der Waals surface area contributed by atoms with Crippen LogP contribution in [-0.2, 0) is 14.3 Å². The molecule has 1 fully saturated rings. The smallest absolute Gasteiger partial charge is 0.407 e. The van der Waals surface area contributed by atoms with Gasteiger partial charge in [-0.05, 0) is 41.0 Å². The van der Waals surface area contributed by atoms with E-state index in [4.69, 9.17) is 9.84 Å². The van der Waals surface area contributed by atoms with E-state index in [0.29, 0.717) is 25.9 Å². The summed E-state index contributed by atoms with van der Waals surface area (Å²) in [6, 6.07) is 15.6. The van der Waals surface area contributed by atoms with Crippen molar-refractivity contribution in [2.75, 3.05) is 19.7 Å². The van der Waals surface area contributed by atoms with E-state index < -0.39 is 18.1 Å². The summed E-state index contributed by atoms with van der Waals surface area (Å²) in [4.78, 5) is 37.6. The van der Waals surface area contributed by atoms with E-state index in [9.17, 15) is 14.4 Å². The molecule has 7 heteroatoms. The number of fused-ring (bicyclic) bond motifs is 3. The summed E-state index contributed by atoms with van der Waals surface area (Å²) in [5, 5.41) is 11.5. The molecule has 0 spiro atoms. The van der Waals surface area contributed by atoms with E-state index in [0.717, 1.165) is 22.3 Å². The molecule has 0 aromatic heterocycles. The fourth-order valence-electron chi connectivity index (χ4n) is 4.60. The molecule has 2 aliphatic rings. The van der Waals surface area contributed by atoms with Gasteiger partial charge in [0.2, 0.25) is 5.91 Å². The molecule has 2 N–H and O–H groups in total. The fraction of sp³-hybridized carbons (Fsp3) is 0.400. The number of amides is 2. The van der Waals surface area contributed by atoms with Gasteiger partial charge >= 0.3 is 12.1 Å². The summed E-state index contributed by atoms with van der Waals surface area (Å²) < 4.78 is 5.55. The van der Waals surface area contributed by atoms with Gasteiger partial charge < -0.3 is 20.1 Å². The monoisotopic (exact) mass is 436 g/mol. The SMILES string of the molecule is CCC(NC(=O)OCC1c2ccccc2-c2ccccc21)C(=O)N1CC(CCC(=O)O)C1. The van der Waals surface area contributed by atoms with Crippen LogP contribution in [-0.4, -0.2) is 53.7 Å². The maximum absolute atomic E-state index is 12.7. The van der Waals surface area contributed by atoms with Crippen LogP contribution in [0, 0.1) is 5.92 Å². The number of likely N-dealkylation sites (tertiary alicyclic amines) is 1. The first-order chi connectivity index (χ1) is 15.5. The number of hydrogen-bond acceptors (Lipinski definition) is 4. The maximum Gasteiger partial charge on any atom is 0.407 e.